The zero-order valence-electron chi connectivity index (χ0n) is 11.6. The third kappa shape index (κ3) is 3.37. The molecule has 2 aliphatic rings. The molecule has 2 unspecified atom stereocenters. The van der Waals surface area contributed by atoms with Crippen molar-refractivity contribution >= 4 is 21.6 Å². The first kappa shape index (κ1) is 15.2. The predicted molar refractivity (Wildman–Crippen MR) is 80.4 cm³/mol. The van der Waals surface area contributed by atoms with Gasteiger partial charge in [-0.3, -0.25) is 0 Å². The van der Waals surface area contributed by atoms with Crippen LogP contribution in [-0.4, -0.2) is 30.1 Å². The van der Waals surface area contributed by atoms with E-state index in [1.54, 1.807) is 6.07 Å². The maximum atomic E-state index is 12.9. The lowest BCUT2D eigenvalue weighted by atomic mass is 9.97. The molecule has 0 radical (unpaired) electrons. The summed E-state index contributed by atoms with van der Waals surface area (Å²) in [6.45, 7) is 2.22. The SMILES string of the molecule is FC(F)(F)c1cc(NC2CCN3CCCC3C2)ccc1Br. The second kappa shape index (κ2) is 5.80. The molecule has 0 aromatic heterocycles. The van der Waals surface area contributed by atoms with Crippen LogP contribution in [0.25, 0.3) is 0 Å². The average molecular weight is 363 g/mol. The highest BCUT2D eigenvalue weighted by Gasteiger charge is 2.34. The van der Waals surface area contributed by atoms with Gasteiger partial charge in [-0.1, -0.05) is 15.9 Å². The Morgan fingerprint density at radius 1 is 1.19 bits per heavy atom. The molecule has 2 aliphatic heterocycles. The van der Waals surface area contributed by atoms with Gasteiger partial charge in [0.05, 0.1) is 5.56 Å². The molecule has 2 nitrogen and oxygen atoms in total. The van der Waals surface area contributed by atoms with Gasteiger partial charge in [0.25, 0.3) is 0 Å². The number of halogens is 4. The fourth-order valence-corrected chi connectivity index (χ4v) is 3.89. The molecule has 1 aromatic carbocycles. The van der Waals surface area contributed by atoms with Crippen molar-refractivity contribution in [2.75, 3.05) is 18.4 Å². The van der Waals surface area contributed by atoms with E-state index in [1.807, 2.05) is 0 Å². The van der Waals surface area contributed by atoms with Crippen molar-refractivity contribution in [2.45, 2.75) is 43.9 Å². The van der Waals surface area contributed by atoms with Crippen molar-refractivity contribution in [1.29, 1.82) is 0 Å². The third-order valence-electron chi connectivity index (χ3n) is 4.46. The van der Waals surface area contributed by atoms with Crippen molar-refractivity contribution in [3.05, 3.63) is 28.2 Å². The molecule has 116 valence electrons. The Bertz CT molecular complexity index is 518. The van der Waals surface area contributed by atoms with Gasteiger partial charge in [0.2, 0.25) is 0 Å². The van der Waals surface area contributed by atoms with Crippen LogP contribution in [0.1, 0.15) is 31.2 Å². The Hall–Kier alpha value is -0.750. The van der Waals surface area contributed by atoms with Gasteiger partial charge in [-0.15, -0.1) is 0 Å². The summed E-state index contributed by atoms with van der Waals surface area (Å²) in [5.74, 6) is 0. The van der Waals surface area contributed by atoms with Crippen LogP contribution in [0.4, 0.5) is 18.9 Å². The second-order valence-electron chi connectivity index (χ2n) is 5.89. The number of hydrogen-bond donors (Lipinski definition) is 1. The minimum atomic E-state index is -4.33. The number of nitrogens with one attached hydrogen (secondary N) is 1. The van der Waals surface area contributed by atoms with Crippen LogP contribution in [0, 0.1) is 0 Å². The predicted octanol–water partition coefficient (Wildman–Crippen LogP) is 4.51. The minimum Gasteiger partial charge on any atom is -0.382 e. The number of alkyl halides is 3. The second-order valence-corrected chi connectivity index (χ2v) is 6.74. The number of piperidine rings is 1. The third-order valence-corrected chi connectivity index (χ3v) is 5.15. The summed E-state index contributed by atoms with van der Waals surface area (Å²) < 4.78 is 38.8. The first-order chi connectivity index (χ1) is 9.93. The molecule has 21 heavy (non-hydrogen) atoms. The number of fused-ring (bicyclic) bond motifs is 1. The van der Waals surface area contributed by atoms with Crippen LogP contribution in [0.5, 0.6) is 0 Å². The van der Waals surface area contributed by atoms with Gasteiger partial charge in [0.15, 0.2) is 0 Å². The Morgan fingerprint density at radius 2 is 2.00 bits per heavy atom. The van der Waals surface area contributed by atoms with E-state index >= 15 is 0 Å². The fraction of sp³-hybridized carbons (Fsp3) is 0.600. The maximum Gasteiger partial charge on any atom is 0.417 e. The molecule has 6 heteroatoms. The largest absolute Gasteiger partial charge is 0.417 e. The van der Waals surface area contributed by atoms with E-state index in [2.05, 4.69) is 26.1 Å². The van der Waals surface area contributed by atoms with Gasteiger partial charge < -0.3 is 10.2 Å². The molecule has 0 bridgehead atoms. The number of benzene rings is 1. The monoisotopic (exact) mass is 362 g/mol. The zero-order valence-corrected chi connectivity index (χ0v) is 13.2. The van der Waals surface area contributed by atoms with E-state index in [0.29, 0.717) is 11.7 Å². The Kier molecular flexibility index (Phi) is 4.19. The van der Waals surface area contributed by atoms with Gasteiger partial charge in [-0.2, -0.15) is 13.2 Å². The van der Waals surface area contributed by atoms with E-state index in [0.717, 1.165) is 19.4 Å². The molecule has 0 spiro atoms. The maximum absolute atomic E-state index is 12.9. The van der Waals surface area contributed by atoms with Crippen LogP contribution in [0.15, 0.2) is 22.7 Å². The van der Waals surface area contributed by atoms with Crippen LogP contribution >= 0.6 is 15.9 Å². The number of anilines is 1. The number of nitrogens with zero attached hydrogens (tertiary/aromatic N) is 1. The molecule has 2 saturated heterocycles. The molecule has 1 N–H and O–H groups in total. The Morgan fingerprint density at radius 3 is 2.76 bits per heavy atom. The molecule has 0 amide bonds. The summed E-state index contributed by atoms with van der Waals surface area (Å²) in [7, 11) is 0. The number of hydrogen-bond acceptors (Lipinski definition) is 2. The van der Waals surface area contributed by atoms with Crippen LogP contribution < -0.4 is 5.32 Å². The molecule has 3 rings (SSSR count). The van der Waals surface area contributed by atoms with E-state index in [-0.39, 0.29) is 10.5 Å². The van der Waals surface area contributed by atoms with Crippen LogP contribution in [0.2, 0.25) is 0 Å². The summed E-state index contributed by atoms with van der Waals surface area (Å²) in [6, 6.07) is 5.25. The average Bonchev–Trinajstić information content (AvgIpc) is 2.87. The van der Waals surface area contributed by atoms with Gasteiger partial charge in [0.1, 0.15) is 0 Å². The lowest BCUT2D eigenvalue weighted by Crippen LogP contribution is -2.42. The normalized spacial score (nSPS) is 26.7. The van der Waals surface area contributed by atoms with Gasteiger partial charge in [-0.25, -0.2) is 0 Å². The smallest absolute Gasteiger partial charge is 0.382 e. The van der Waals surface area contributed by atoms with Crippen molar-refractivity contribution in [2.24, 2.45) is 0 Å². The minimum absolute atomic E-state index is 0.0890. The summed E-state index contributed by atoms with van der Waals surface area (Å²) in [5, 5.41) is 3.29. The van der Waals surface area contributed by atoms with E-state index in [1.165, 1.54) is 31.5 Å². The molecular weight excluding hydrogens is 345 g/mol. The Balaban J connectivity index is 1.70. The lowest BCUT2D eigenvalue weighted by Gasteiger charge is -2.35. The van der Waals surface area contributed by atoms with Crippen LogP contribution in [0.3, 0.4) is 0 Å². The molecule has 1 aromatic rings. The first-order valence-corrected chi connectivity index (χ1v) is 8.10. The van der Waals surface area contributed by atoms with Crippen molar-refractivity contribution in [3.8, 4) is 0 Å². The molecule has 2 heterocycles. The summed E-state index contributed by atoms with van der Waals surface area (Å²) in [6.07, 6.45) is 0.150. The highest BCUT2D eigenvalue weighted by atomic mass is 79.9. The molecular formula is C15H18BrF3N2. The standard InChI is InChI=1S/C15H18BrF3N2/c16-14-4-3-10(9-13(14)15(17,18)19)20-11-5-7-21-6-1-2-12(21)8-11/h3-4,9,11-12,20H,1-2,5-8H2. The zero-order chi connectivity index (χ0) is 15.0. The van der Waals surface area contributed by atoms with Crippen molar-refractivity contribution in [3.63, 3.8) is 0 Å². The highest BCUT2D eigenvalue weighted by Crippen LogP contribution is 2.37. The quantitative estimate of drug-likeness (QED) is 0.832. The molecule has 2 fully saturated rings. The highest BCUT2D eigenvalue weighted by molar-refractivity contribution is 9.10. The summed E-state index contributed by atoms with van der Waals surface area (Å²) in [4.78, 5) is 2.50. The molecule has 0 aliphatic carbocycles. The summed E-state index contributed by atoms with van der Waals surface area (Å²) in [5.41, 5.74) is -0.0622. The van der Waals surface area contributed by atoms with Crippen molar-refractivity contribution < 1.29 is 13.2 Å². The van der Waals surface area contributed by atoms with Gasteiger partial charge in [0, 0.05) is 28.8 Å². The van der Waals surface area contributed by atoms with Crippen LogP contribution in [-0.2, 0) is 6.18 Å². The van der Waals surface area contributed by atoms with E-state index < -0.39 is 11.7 Å². The Labute approximate surface area is 130 Å². The number of rotatable bonds is 2. The fourth-order valence-electron chi connectivity index (χ4n) is 3.42. The molecule has 2 atom stereocenters. The molecule has 0 saturated carbocycles. The van der Waals surface area contributed by atoms with Gasteiger partial charge >= 0.3 is 6.18 Å². The lowest BCUT2D eigenvalue weighted by molar-refractivity contribution is -0.138. The first-order valence-electron chi connectivity index (χ1n) is 7.31. The van der Waals surface area contributed by atoms with Gasteiger partial charge in [-0.05, 0) is 50.4 Å². The topological polar surface area (TPSA) is 15.3 Å². The summed E-state index contributed by atoms with van der Waals surface area (Å²) >= 11 is 2.97. The van der Waals surface area contributed by atoms with Crippen molar-refractivity contribution in [1.82, 2.24) is 4.90 Å². The van der Waals surface area contributed by atoms with E-state index in [9.17, 15) is 13.2 Å². The van der Waals surface area contributed by atoms with E-state index in [4.69, 9.17) is 0 Å².